The molecule has 0 atom stereocenters. The number of carbonyl (C=O) groups is 1. The monoisotopic (exact) mass is 446 g/mol. The van der Waals surface area contributed by atoms with Crippen LogP contribution in [0.4, 0.5) is 0 Å². The molecule has 3 aromatic rings. The molecule has 0 saturated carbocycles. The van der Waals surface area contributed by atoms with Crippen LogP contribution in [0.5, 0.6) is 0 Å². The molecule has 0 unspecified atom stereocenters. The zero-order chi connectivity index (χ0) is 21.9. The Morgan fingerprint density at radius 1 is 1.33 bits per heavy atom. The van der Waals surface area contributed by atoms with Gasteiger partial charge in [0.05, 0.1) is 22.5 Å². The van der Waals surface area contributed by atoms with Gasteiger partial charge in [0.15, 0.2) is 0 Å². The van der Waals surface area contributed by atoms with Crippen molar-refractivity contribution < 1.29 is 13.2 Å². The largest absolute Gasteiger partial charge is 0.269 e. The Morgan fingerprint density at radius 3 is 2.77 bits per heavy atom. The summed E-state index contributed by atoms with van der Waals surface area (Å²) in [6.45, 7) is 4.24. The SMILES string of the molecule is CC(C)c1csc(CCc2ccn3c(=O)c(/C=C/C(=O)NS(C)(=O)=O)cnc3c2)n1. The van der Waals surface area contributed by atoms with Gasteiger partial charge >= 0.3 is 0 Å². The van der Waals surface area contributed by atoms with E-state index in [0.717, 1.165) is 41.4 Å². The molecule has 8 nitrogen and oxygen atoms in total. The molecule has 0 bridgehead atoms. The Labute approximate surface area is 178 Å². The highest BCUT2D eigenvalue weighted by atomic mass is 32.2. The Kier molecular flexibility index (Phi) is 6.47. The predicted molar refractivity (Wildman–Crippen MR) is 117 cm³/mol. The van der Waals surface area contributed by atoms with Crippen LogP contribution in [0, 0.1) is 0 Å². The van der Waals surface area contributed by atoms with Gasteiger partial charge in [0.2, 0.25) is 10.0 Å². The van der Waals surface area contributed by atoms with Crippen LogP contribution in [0.1, 0.15) is 41.6 Å². The number of amides is 1. The molecule has 1 amide bonds. The van der Waals surface area contributed by atoms with Crippen LogP contribution in [-0.2, 0) is 27.7 Å². The fourth-order valence-electron chi connectivity index (χ4n) is 2.74. The summed E-state index contributed by atoms with van der Waals surface area (Å²) >= 11 is 1.66. The average molecular weight is 447 g/mol. The van der Waals surface area contributed by atoms with Crippen LogP contribution in [0.25, 0.3) is 11.7 Å². The minimum absolute atomic E-state index is 0.174. The second-order valence-corrected chi connectivity index (χ2v) is 9.87. The highest BCUT2D eigenvalue weighted by Crippen LogP contribution is 2.19. The van der Waals surface area contributed by atoms with Gasteiger partial charge in [-0.15, -0.1) is 11.3 Å². The van der Waals surface area contributed by atoms with Gasteiger partial charge in [-0.1, -0.05) is 13.8 Å². The third kappa shape index (κ3) is 5.61. The van der Waals surface area contributed by atoms with Crippen LogP contribution in [-0.4, -0.2) is 34.9 Å². The molecule has 158 valence electrons. The van der Waals surface area contributed by atoms with Crippen molar-refractivity contribution in [3.8, 4) is 0 Å². The Bertz CT molecular complexity index is 1270. The number of thiazole rings is 1. The summed E-state index contributed by atoms with van der Waals surface area (Å²) in [4.78, 5) is 33.1. The lowest BCUT2D eigenvalue weighted by molar-refractivity contribution is -0.114. The van der Waals surface area contributed by atoms with Crippen LogP contribution in [0.3, 0.4) is 0 Å². The van der Waals surface area contributed by atoms with E-state index in [1.165, 1.54) is 16.7 Å². The normalized spacial score (nSPS) is 12.1. The van der Waals surface area contributed by atoms with Crippen molar-refractivity contribution in [1.29, 1.82) is 0 Å². The van der Waals surface area contributed by atoms with Crippen molar-refractivity contribution >= 4 is 39.0 Å². The standard InChI is InChI=1S/C20H22N4O4S2/c1-13(2)16-12-29-19(22-16)7-4-14-8-9-24-17(10-14)21-11-15(20(24)26)5-6-18(25)23-30(3,27)28/h5-6,8-13H,4,7H2,1-3H3,(H,23,25)/b6-5+. The van der Waals surface area contributed by atoms with Gasteiger partial charge in [-0.25, -0.2) is 23.1 Å². The number of hydrogen-bond acceptors (Lipinski definition) is 7. The van der Waals surface area contributed by atoms with Gasteiger partial charge in [-0.3, -0.25) is 14.0 Å². The Balaban J connectivity index is 1.75. The number of sulfonamides is 1. The lowest BCUT2D eigenvalue weighted by Gasteiger charge is -2.05. The fraction of sp³-hybridized carbons (Fsp3) is 0.300. The van der Waals surface area contributed by atoms with Gasteiger partial charge in [-0.05, 0) is 36.1 Å². The second kappa shape index (κ2) is 8.88. The smallest absolute Gasteiger partial charge is 0.265 e. The van der Waals surface area contributed by atoms with Gasteiger partial charge in [0.25, 0.3) is 11.5 Å². The third-order valence-electron chi connectivity index (χ3n) is 4.29. The number of hydrogen-bond donors (Lipinski definition) is 1. The summed E-state index contributed by atoms with van der Waals surface area (Å²) < 4.78 is 25.3. The van der Waals surface area contributed by atoms with E-state index >= 15 is 0 Å². The van der Waals surface area contributed by atoms with Crippen molar-refractivity contribution in [1.82, 2.24) is 19.1 Å². The molecule has 0 spiro atoms. The molecule has 0 aromatic carbocycles. The lowest BCUT2D eigenvalue weighted by atomic mass is 10.1. The summed E-state index contributed by atoms with van der Waals surface area (Å²) in [5.74, 6) is -0.424. The number of pyridine rings is 1. The number of nitrogens with one attached hydrogen (secondary N) is 1. The molecule has 0 aliphatic heterocycles. The first-order valence-electron chi connectivity index (χ1n) is 9.27. The van der Waals surface area contributed by atoms with Gasteiger partial charge in [0, 0.05) is 30.3 Å². The summed E-state index contributed by atoms with van der Waals surface area (Å²) in [5.41, 5.74) is 2.47. The highest BCUT2D eigenvalue weighted by Gasteiger charge is 2.09. The van der Waals surface area contributed by atoms with E-state index in [1.807, 2.05) is 12.1 Å². The third-order valence-corrected chi connectivity index (χ3v) is 5.79. The van der Waals surface area contributed by atoms with Crippen LogP contribution >= 0.6 is 11.3 Å². The summed E-state index contributed by atoms with van der Waals surface area (Å²) in [6, 6.07) is 3.71. The zero-order valence-corrected chi connectivity index (χ0v) is 18.5. The van der Waals surface area contributed by atoms with Crippen molar-refractivity contribution in [2.24, 2.45) is 0 Å². The quantitative estimate of drug-likeness (QED) is 0.557. The molecular weight excluding hydrogens is 424 g/mol. The first kappa shape index (κ1) is 21.8. The maximum absolute atomic E-state index is 12.6. The lowest BCUT2D eigenvalue weighted by Crippen LogP contribution is -2.27. The molecule has 1 N–H and O–H groups in total. The van der Waals surface area contributed by atoms with E-state index < -0.39 is 15.9 Å². The molecule has 30 heavy (non-hydrogen) atoms. The zero-order valence-electron chi connectivity index (χ0n) is 16.8. The van der Waals surface area contributed by atoms with E-state index in [1.54, 1.807) is 22.3 Å². The minimum Gasteiger partial charge on any atom is -0.269 e. The highest BCUT2D eigenvalue weighted by molar-refractivity contribution is 7.89. The second-order valence-electron chi connectivity index (χ2n) is 7.17. The first-order valence-corrected chi connectivity index (χ1v) is 12.0. The number of fused-ring (bicyclic) bond motifs is 1. The van der Waals surface area contributed by atoms with E-state index in [2.05, 4.69) is 29.2 Å². The maximum atomic E-state index is 12.6. The number of nitrogens with zero attached hydrogens (tertiary/aromatic N) is 3. The molecule has 3 rings (SSSR count). The van der Waals surface area contributed by atoms with Gasteiger partial charge in [0.1, 0.15) is 5.65 Å². The van der Waals surface area contributed by atoms with Crippen LogP contribution < -0.4 is 10.3 Å². The molecule has 0 radical (unpaired) electrons. The van der Waals surface area contributed by atoms with Crippen molar-refractivity contribution in [3.05, 3.63) is 68.2 Å². The van der Waals surface area contributed by atoms with Gasteiger partial charge in [-0.2, -0.15) is 0 Å². The molecule has 3 heterocycles. The topological polar surface area (TPSA) is 110 Å². The van der Waals surface area contributed by atoms with Crippen molar-refractivity contribution in [2.45, 2.75) is 32.6 Å². The number of carbonyl (C=O) groups excluding carboxylic acids is 1. The summed E-state index contributed by atoms with van der Waals surface area (Å²) in [5, 5.41) is 3.17. The molecule has 0 saturated heterocycles. The number of aryl methyl sites for hydroxylation is 2. The van der Waals surface area contributed by atoms with E-state index in [0.29, 0.717) is 11.6 Å². The fourth-order valence-corrected chi connectivity index (χ4v) is 4.13. The van der Waals surface area contributed by atoms with E-state index in [-0.39, 0.29) is 11.1 Å². The molecule has 0 fully saturated rings. The minimum atomic E-state index is -3.66. The van der Waals surface area contributed by atoms with Crippen molar-refractivity contribution in [3.63, 3.8) is 0 Å². The maximum Gasteiger partial charge on any atom is 0.265 e. The van der Waals surface area contributed by atoms with Crippen LogP contribution in [0.15, 0.2) is 40.8 Å². The molecular formula is C20H22N4O4S2. The molecule has 3 aromatic heterocycles. The van der Waals surface area contributed by atoms with E-state index in [4.69, 9.17) is 0 Å². The molecule has 0 aliphatic carbocycles. The van der Waals surface area contributed by atoms with Gasteiger partial charge < -0.3 is 0 Å². The predicted octanol–water partition coefficient (Wildman–Crippen LogP) is 2.15. The average Bonchev–Trinajstić information content (AvgIpc) is 3.14. The number of aromatic nitrogens is 3. The molecule has 10 heteroatoms. The first-order chi connectivity index (χ1) is 14.1. The number of rotatable bonds is 7. The summed E-state index contributed by atoms with van der Waals surface area (Å²) in [7, 11) is -3.66. The Morgan fingerprint density at radius 2 is 2.10 bits per heavy atom. The van der Waals surface area contributed by atoms with Crippen molar-refractivity contribution in [2.75, 3.05) is 6.26 Å². The summed E-state index contributed by atoms with van der Waals surface area (Å²) in [6.07, 6.45) is 7.71. The van der Waals surface area contributed by atoms with E-state index in [9.17, 15) is 18.0 Å². The molecule has 0 aliphatic rings. The van der Waals surface area contributed by atoms with Crippen LogP contribution in [0.2, 0.25) is 0 Å². The Hall–Kier alpha value is -2.85.